The van der Waals surface area contributed by atoms with Gasteiger partial charge in [-0.05, 0) is 49.6 Å². The largest absolute Gasteiger partial charge is 0.496 e. The van der Waals surface area contributed by atoms with Crippen molar-refractivity contribution >= 4 is 21.6 Å². The molecule has 0 saturated heterocycles. The molecule has 30 heavy (non-hydrogen) atoms. The maximum atomic E-state index is 13.7. The zero-order valence-electron chi connectivity index (χ0n) is 17.6. The summed E-state index contributed by atoms with van der Waals surface area (Å²) in [4.78, 5) is 12.9. The number of aryl methyl sites for hydroxylation is 1. The van der Waals surface area contributed by atoms with Crippen molar-refractivity contribution in [2.75, 3.05) is 17.7 Å². The summed E-state index contributed by atoms with van der Waals surface area (Å²) >= 11 is 0. The van der Waals surface area contributed by atoms with Crippen molar-refractivity contribution < 1.29 is 26.7 Å². The molecule has 0 aliphatic rings. The van der Waals surface area contributed by atoms with Crippen LogP contribution < -0.4 is 14.4 Å². The van der Waals surface area contributed by atoms with Gasteiger partial charge in [0.25, 0.3) is 0 Å². The van der Waals surface area contributed by atoms with Crippen LogP contribution in [0.15, 0.2) is 36.4 Å². The number of carbonyl (C=O) groups is 1. The van der Waals surface area contributed by atoms with Crippen LogP contribution in [0.3, 0.4) is 0 Å². The molecule has 0 aromatic heterocycles. The Morgan fingerprint density at radius 3 is 2.33 bits per heavy atom. The fourth-order valence-electron chi connectivity index (χ4n) is 3.26. The van der Waals surface area contributed by atoms with Crippen molar-refractivity contribution in [2.24, 2.45) is 0 Å². The summed E-state index contributed by atoms with van der Waals surface area (Å²) in [7, 11) is -2.38. The standard InChI is InChI=1S/C21H26F2N2O4S/c1-6-19(15-7-10-20(29-4)13(2)11-15)24-21(26)14(3)25(30(5,27)28)16-8-9-17(22)18(23)12-16/h7-12,14,19H,6H2,1-5H3,(H,24,26)/t14-,19-/m0/s1. The van der Waals surface area contributed by atoms with Gasteiger partial charge >= 0.3 is 0 Å². The van der Waals surface area contributed by atoms with Crippen LogP contribution in [-0.2, 0) is 14.8 Å². The Hall–Kier alpha value is -2.68. The van der Waals surface area contributed by atoms with Gasteiger partial charge < -0.3 is 10.1 Å². The highest BCUT2D eigenvalue weighted by molar-refractivity contribution is 7.92. The lowest BCUT2D eigenvalue weighted by Gasteiger charge is -2.30. The first-order valence-corrected chi connectivity index (χ1v) is 11.2. The average Bonchev–Trinajstić information content (AvgIpc) is 2.67. The lowest BCUT2D eigenvalue weighted by molar-refractivity contribution is -0.122. The highest BCUT2D eigenvalue weighted by Crippen LogP contribution is 2.26. The van der Waals surface area contributed by atoms with Crippen LogP contribution in [-0.4, -0.2) is 33.7 Å². The van der Waals surface area contributed by atoms with Gasteiger partial charge in [-0.15, -0.1) is 0 Å². The van der Waals surface area contributed by atoms with Crippen LogP contribution >= 0.6 is 0 Å². The summed E-state index contributed by atoms with van der Waals surface area (Å²) in [5, 5.41) is 2.84. The third-order valence-corrected chi connectivity index (χ3v) is 6.03. The first kappa shape index (κ1) is 23.6. The van der Waals surface area contributed by atoms with Crippen molar-refractivity contribution in [1.82, 2.24) is 5.32 Å². The van der Waals surface area contributed by atoms with E-state index in [1.807, 2.05) is 26.0 Å². The van der Waals surface area contributed by atoms with Crippen molar-refractivity contribution in [3.63, 3.8) is 0 Å². The van der Waals surface area contributed by atoms with Gasteiger partial charge in [-0.25, -0.2) is 17.2 Å². The molecular weight excluding hydrogens is 414 g/mol. The number of rotatable bonds is 8. The molecule has 0 unspecified atom stereocenters. The first-order chi connectivity index (χ1) is 14.0. The first-order valence-electron chi connectivity index (χ1n) is 9.39. The van der Waals surface area contributed by atoms with Gasteiger partial charge in [-0.1, -0.05) is 19.1 Å². The molecule has 0 aliphatic heterocycles. The summed E-state index contributed by atoms with van der Waals surface area (Å²) < 4.78 is 57.6. The predicted molar refractivity (Wildman–Crippen MR) is 112 cm³/mol. The van der Waals surface area contributed by atoms with E-state index in [4.69, 9.17) is 4.74 Å². The van der Waals surface area contributed by atoms with E-state index in [0.29, 0.717) is 6.42 Å². The second-order valence-corrected chi connectivity index (χ2v) is 8.89. The molecule has 0 aliphatic carbocycles. The van der Waals surface area contributed by atoms with Gasteiger partial charge in [0.1, 0.15) is 11.8 Å². The van der Waals surface area contributed by atoms with E-state index in [2.05, 4.69) is 5.32 Å². The molecule has 2 aromatic rings. The molecule has 0 heterocycles. The van der Waals surface area contributed by atoms with E-state index in [9.17, 15) is 22.0 Å². The van der Waals surface area contributed by atoms with Gasteiger partial charge in [0, 0.05) is 6.07 Å². The quantitative estimate of drug-likeness (QED) is 0.679. The minimum absolute atomic E-state index is 0.132. The monoisotopic (exact) mass is 440 g/mol. The number of hydrogen-bond acceptors (Lipinski definition) is 4. The molecule has 164 valence electrons. The number of methoxy groups -OCH3 is 1. The molecule has 1 amide bonds. The van der Waals surface area contributed by atoms with Crippen molar-refractivity contribution in [3.8, 4) is 5.75 Å². The van der Waals surface area contributed by atoms with Crippen LogP contribution in [0, 0.1) is 18.6 Å². The summed E-state index contributed by atoms with van der Waals surface area (Å²) in [6.45, 7) is 5.16. The minimum atomic E-state index is -3.95. The van der Waals surface area contributed by atoms with Gasteiger partial charge in [-0.3, -0.25) is 9.10 Å². The second kappa shape index (κ2) is 9.42. The lowest BCUT2D eigenvalue weighted by Crippen LogP contribution is -2.48. The Morgan fingerprint density at radius 1 is 1.17 bits per heavy atom. The smallest absolute Gasteiger partial charge is 0.244 e. The molecule has 0 bridgehead atoms. The normalized spacial score (nSPS) is 13.4. The number of benzene rings is 2. The Labute approximate surface area is 175 Å². The molecule has 0 spiro atoms. The Balaban J connectivity index is 2.31. The van der Waals surface area contributed by atoms with E-state index in [1.165, 1.54) is 6.92 Å². The number of anilines is 1. The zero-order chi connectivity index (χ0) is 22.6. The van der Waals surface area contributed by atoms with Gasteiger partial charge in [0.15, 0.2) is 11.6 Å². The Morgan fingerprint density at radius 2 is 1.83 bits per heavy atom. The molecule has 6 nitrogen and oxygen atoms in total. The van der Waals surface area contributed by atoms with Gasteiger partial charge in [-0.2, -0.15) is 0 Å². The van der Waals surface area contributed by atoms with Crippen molar-refractivity contribution in [1.29, 1.82) is 0 Å². The fraction of sp³-hybridized carbons (Fsp3) is 0.381. The predicted octanol–water partition coefficient (Wildman–Crippen LogP) is 3.70. The maximum Gasteiger partial charge on any atom is 0.244 e. The molecular formula is C21H26F2N2O4S. The van der Waals surface area contributed by atoms with E-state index >= 15 is 0 Å². The zero-order valence-corrected chi connectivity index (χ0v) is 18.4. The van der Waals surface area contributed by atoms with Gasteiger partial charge in [0.05, 0.1) is 25.1 Å². The average molecular weight is 441 g/mol. The van der Waals surface area contributed by atoms with Crippen molar-refractivity contribution in [2.45, 2.75) is 39.3 Å². The van der Waals surface area contributed by atoms with Crippen LogP contribution in [0.2, 0.25) is 0 Å². The molecule has 0 saturated carbocycles. The van der Waals surface area contributed by atoms with E-state index in [0.717, 1.165) is 45.6 Å². The second-order valence-electron chi connectivity index (χ2n) is 7.03. The molecule has 2 atom stereocenters. The minimum Gasteiger partial charge on any atom is -0.496 e. The number of ether oxygens (including phenoxy) is 1. The Bertz CT molecular complexity index is 1030. The highest BCUT2D eigenvalue weighted by atomic mass is 32.2. The third kappa shape index (κ3) is 5.27. The molecule has 2 aromatic carbocycles. The van der Waals surface area contributed by atoms with Crippen LogP contribution in [0.25, 0.3) is 0 Å². The Kier molecular flexibility index (Phi) is 7.41. The molecule has 1 N–H and O–H groups in total. The lowest BCUT2D eigenvalue weighted by atomic mass is 10.0. The van der Waals surface area contributed by atoms with E-state index < -0.39 is 33.6 Å². The number of sulfonamides is 1. The van der Waals surface area contributed by atoms with E-state index in [1.54, 1.807) is 13.2 Å². The summed E-state index contributed by atoms with van der Waals surface area (Å²) in [5.41, 5.74) is 1.61. The third-order valence-electron chi connectivity index (χ3n) is 4.79. The SMILES string of the molecule is CC[C@H](NC(=O)[C@H](C)N(c1ccc(F)c(F)c1)S(C)(=O)=O)c1ccc(OC)c(C)c1. The topological polar surface area (TPSA) is 75.7 Å². The summed E-state index contributed by atoms with van der Waals surface area (Å²) in [6.07, 6.45) is 1.47. The molecule has 0 radical (unpaired) electrons. The number of amides is 1. The number of hydrogen-bond donors (Lipinski definition) is 1. The van der Waals surface area contributed by atoms with Gasteiger partial charge in [0.2, 0.25) is 15.9 Å². The maximum absolute atomic E-state index is 13.7. The van der Waals surface area contributed by atoms with Crippen LogP contribution in [0.5, 0.6) is 5.75 Å². The molecule has 2 rings (SSSR count). The number of halogens is 2. The number of nitrogens with one attached hydrogen (secondary N) is 1. The summed E-state index contributed by atoms with van der Waals surface area (Å²) in [6, 6.07) is 6.66. The van der Waals surface area contributed by atoms with Crippen molar-refractivity contribution in [3.05, 3.63) is 59.2 Å². The molecule has 9 heteroatoms. The molecule has 0 fully saturated rings. The van der Waals surface area contributed by atoms with E-state index in [-0.39, 0.29) is 11.7 Å². The fourth-order valence-corrected chi connectivity index (χ4v) is 4.43. The highest BCUT2D eigenvalue weighted by Gasteiger charge is 2.31. The summed E-state index contributed by atoms with van der Waals surface area (Å²) in [5.74, 6) is -2.15. The van der Waals surface area contributed by atoms with Crippen LogP contribution in [0.4, 0.5) is 14.5 Å². The number of carbonyl (C=O) groups excluding carboxylic acids is 1. The van der Waals surface area contributed by atoms with Crippen LogP contribution in [0.1, 0.15) is 37.4 Å². The number of nitrogens with zero attached hydrogens (tertiary/aromatic N) is 1.